The summed E-state index contributed by atoms with van der Waals surface area (Å²) in [6.07, 6.45) is -2.09. The standard InChI is InChI=1S/C69H99N13O15S2/c1-43(84)36-79-21-23-80(37-63(71)91)25-27-82(28-26-81(24-22-79)38-64(72)92)39-65(93)74-56(29-46-11-5-4-6-12-46)60(88)33-50-41-98-99-42-59(61(89)32-49(40-83)44(2)85)78-67(95)53(45(3)86)34-62(90)55(15-9-10-20-70)75-69(97)58(31-48-35-73-54-14-8-7-13-52(48)54)77-68(96)57(76-66(50)94)30-47-16-18-51(87)19-17-47/h4-8,11-14,16-19,35,44-45,49-50,53,55-59,73,83,85-87H,9-10,15,20-34,36-42,70H2,1-3H3,(H2,71,91)(H2,72,92)(H,74,93)(H,75,97)(H,76,94)(H,77,96)(H,78,95)/t44-,45-,49-,50+,53+,55+,56-,57+,58-,59+/m1/s1. The quantitative estimate of drug-likeness (QED) is 0.0242. The maximum absolute atomic E-state index is 15.4. The molecule has 1 aromatic heterocycles. The van der Waals surface area contributed by atoms with Gasteiger partial charge in [0.05, 0.1) is 68.3 Å². The summed E-state index contributed by atoms with van der Waals surface area (Å²) in [5, 5.41) is 57.1. The van der Waals surface area contributed by atoms with Crippen LogP contribution in [0.1, 0.15) is 76.0 Å². The average molecular weight is 1410 g/mol. The molecule has 2 fully saturated rings. The Morgan fingerprint density at radius 3 is 1.78 bits per heavy atom. The molecule has 0 radical (unpaired) electrons. The second-order valence-corrected chi connectivity index (χ2v) is 28.4. The van der Waals surface area contributed by atoms with Crippen LogP contribution in [0.25, 0.3) is 10.9 Å². The summed E-state index contributed by atoms with van der Waals surface area (Å²) >= 11 is 0. The molecule has 10 atom stereocenters. The number of benzene rings is 3. The monoisotopic (exact) mass is 1410 g/mol. The van der Waals surface area contributed by atoms with Crippen molar-refractivity contribution >= 4 is 97.0 Å². The highest BCUT2D eigenvalue weighted by Gasteiger charge is 2.38. The van der Waals surface area contributed by atoms with E-state index in [4.69, 9.17) is 17.2 Å². The van der Waals surface area contributed by atoms with E-state index in [0.717, 1.165) is 32.5 Å². The van der Waals surface area contributed by atoms with E-state index in [-0.39, 0.29) is 108 Å². The lowest BCUT2D eigenvalue weighted by molar-refractivity contribution is -0.137. The van der Waals surface area contributed by atoms with Gasteiger partial charge in [0.1, 0.15) is 23.6 Å². The molecule has 4 aromatic rings. The molecule has 0 aliphatic carbocycles. The first-order valence-electron chi connectivity index (χ1n) is 33.6. The summed E-state index contributed by atoms with van der Waals surface area (Å²) < 4.78 is 0. The molecule has 2 aliphatic rings. The minimum Gasteiger partial charge on any atom is -0.508 e. The second kappa shape index (κ2) is 41.2. The van der Waals surface area contributed by atoms with Crippen molar-refractivity contribution < 1.29 is 73.2 Å². The summed E-state index contributed by atoms with van der Waals surface area (Å²) in [5.41, 5.74) is 19.7. The van der Waals surface area contributed by atoms with Crippen molar-refractivity contribution in [1.29, 1.82) is 0 Å². The number of nitrogens with one attached hydrogen (secondary N) is 6. The Bertz CT molecular complexity index is 3310. The number of H-pyrrole nitrogens is 1. The predicted molar refractivity (Wildman–Crippen MR) is 376 cm³/mol. The maximum atomic E-state index is 15.4. The largest absolute Gasteiger partial charge is 0.508 e. The molecular weight excluding hydrogens is 1310 g/mol. The van der Waals surface area contributed by atoms with E-state index in [0.29, 0.717) is 55.7 Å². The van der Waals surface area contributed by atoms with Gasteiger partial charge in [-0.2, -0.15) is 0 Å². The number of phenols is 1. The van der Waals surface area contributed by atoms with Crippen LogP contribution in [0.15, 0.2) is 85.1 Å². The number of aromatic hydroxyl groups is 1. The smallest absolute Gasteiger partial charge is 0.243 e. The van der Waals surface area contributed by atoms with Crippen LogP contribution in [0.5, 0.6) is 5.75 Å². The third-order valence-corrected chi connectivity index (χ3v) is 20.2. The Balaban J connectivity index is 1.40. The molecule has 28 nitrogen and oxygen atoms in total. The second-order valence-electron chi connectivity index (χ2n) is 25.8. The fourth-order valence-corrected chi connectivity index (χ4v) is 14.4. The highest BCUT2D eigenvalue weighted by Crippen LogP contribution is 2.29. The van der Waals surface area contributed by atoms with Crippen LogP contribution < -0.4 is 43.8 Å². The number of ketones is 4. The van der Waals surface area contributed by atoms with Gasteiger partial charge in [0, 0.05) is 126 Å². The fourth-order valence-electron chi connectivity index (χ4n) is 11.9. The molecule has 99 heavy (non-hydrogen) atoms. The molecule has 7 amide bonds. The highest BCUT2D eigenvalue weighted by molar-refractivity contribution is 8.76. The number of fused-ring (bicyclic) bond motifs is 1. The fraction of sp³-hybridized carbons (Fsp3) is 0.551. The first-order chi connectivity index (χ1) is 47.3. The Morgan fingerprint density at radius 2 is 1.20 bits per heavy atom. The van der Waals surface area contributed by atoms with E-state index >= 15 is 19.2 Å². The van der Waals surface area contributed by atoms with Gasteiger partial charge in [0.15, 0.2) is 17.3 Å². The van der Waals surface area contributed by atoms with Crippen LogP contribution in [0.3, 0.4) is 0 Å². The predicted octanol–water partition coefficient (Wildman–Crippen LogP) is -0.889. The van der Waals surface area contributed by atoms with Crippen molar-refractivity contribution in [2.24, 2.45) is 35.0 Å². The Hall–Kier alpha value is -7.65. The van der Waals surface area contributed by atoms with Gasteiger partial charge in [-0.15, -0.1) is 0 Å². The van der Waals surface area contributed by atoms with Crippen molar-refractivity contribution in [1.82, 2.24) is 51.2 Å². The lowest BCUT2D eigenvalue weighted by atomic mass is 9.90. The molecule has 3 aromatic carbocycles. The van der Waals surface area contributed by atoms with Crippen LogP contribution in [0.4, 0.5) is 0 Å². The number of nitrogens with two attached hydrogens (primary N) is 3. The van der Waals surface area contributed by atoms with Crippen molar-refractivity contribution in [3.05, 3.63) is 102 Å². The molecule has 16 N–H and O–H groups in total. The lowest BCUT2D eigenvalue weighted by Crippen LogP contribution is -2.57. The van der Waals surface area contributed by atoms with E-state index in [2.05, 4.69) is 31.6 Å². The zero-order valence-electron chi connectivity index (χ0n) is 56.7. The zero-order valence-corrected chi connectivity index (χ0v) is 58.3. The minimum absolute atomic E-state index is 0.0379. The molecule has 3 heterocycles. The summed E-state index contributed by atoms with van der Waals surface area (Å²) in [5.74, 6) is -11.3. The number of phenolic OH excluding ortho intramolecular Hbond substituents is 1. The molecular formula is C69H99N13O15S2. The van der Waals surface area contributed by atoms with Gasteiger partial charge in [0.25, 0.3) is 0 Å². The van der Waals surface area contributed by atoms with Crippen molar-refractivity contribution in [2.75, 3.05) is 103 Å². The number of hydrogen-bond donors (Lipinski definition) is 13. The first-order valence-corrected chi connectivity index (χ1v) is 36.1. The maximum Gasteiger partial charge on any atom is 0.243 e. The normalized spacial score (nSPS) is 22.2. The number of unbranched alkanes of at least 4 members (excludes halogenated alkanes) is 1. The molecule has 0 saturated carbocycles. The van der Waals surface area contributed by atoms with Crippen molar-refractivity contribution in [3.8, 4) is 5.75 Å². The number of primary amides is 2. The van der Waals surface area contributed by atoms with E-state index in [9.17, 15) is 54.0 Å². The van der Waals surface area contributed by atoms with Gasteiger partial charge in [-0.3, -0.25) is 72.3 Å². The molecule has 6 rings (SSSR count). The van der Waals surface area contributed by atoms with Gasteiger partial charge in [-0.05, 0) is 87.9 Å². The van der Waals surface area contributed by atoms with Crippen LogP contribution in [0.2, 0.25) is 0 Å². The third-order valence-electron chi connectivity index (χ3n) is 17.7. The number of para-hydroxylation sites is 1. The van der Waals surface area contributed by atoms with Crippen LogP contribution in [-0.4, -0.2) is 255 Å². The van der Waals surface area contributed by atoms with Crippen LogP contribution in [0, 0.1) is 17.8 Å². The molecule has 2 aliphatic heterocycles. The molecule has 2 saturated heterocycles. The number of aromatic amines is 1. The minimum atomic E-state index is -1.49. The SMILES string of the molecule is CC(=O)CN1CCN(CC(N)=O)CCN(CC(=O)N[C@H](Cc2ccccc2)C(=O)C[C@H]2CSSC[C@@H](C(=O)C[C@H](CO)[C@@H](C)O)NC(=O)[C@H]([C@@H](C)O)CC(=O)[C@H](CCCCN)NC(=O)[C@@H](Cc3c[nH]c4ccccc34)NC(=O)[C@H](Cc3ccc(O)cc3)NC2=O)CCN(CC(N)=O)CC1. The molecule has 0 unspecified atom stereocenters. The summed E-state index contributed by atoms with van der Waals surface area (Å²) in [6, 6.07) is 15.1. The average Bonchev–Trinajstić information content (AvgIpc) is 1.73. The van der Waals surface area contributed by atoms with E-state index < -0.39 is 145 Å². The molecule has 30 heteroatoms. The first kappa shape index (κ1) is 80.3. The number of amides is 7. The van der Waals surface area contributed by atoms with E-state index in [1.807, 2.05) is 32.9 Å². The number of hydrogen-bond acceptors (Lipinski definition) is 22. The lowest BCUT2D eigenvalue weighted by Gasteiger charge is -2.33. The summed E-state index contributed by atoms with van der Waals surface area (Å²) in [7, 11) is 2.07. The number of nitrogens with zero attached hydrogens (tertiary/aromatic N) is 4. The van der Waals surface area contributed by atoms with Gasteiger partial charge >= 0.3 is 0 Å². The molecule has 542 valence electrons. The van der Waals surface area contributed by atoms with Crippen LogP contribution in [-0.2, 0) is 72.0 Å². The van der Waals surface area contributed by atoms with E-state index in [1.54, 1.807) is 59.6 Å². The zero-order chi connectivity index (χ0) is 72.1. The van der Waals surface area contributed by atoms with Crippen LogP contribution >= 0.6 is 21.6 Å². The Kier molecular flexibility index (Phi) is 33.4. The summed E-state index contributed by atoms with van der Waals surface area (Å²) in [4.78, 5) is 166. The number of aliphatic hydroxyl groups excluding tert-OH is 3. The number of rotatable bonds is 28. The van der Waals surface area contributed by atoms with Gasteiger partial charge in [0.2, 0.25) is 41.4 Å². The Labute approximate surface area is 585 Å². The summed E-state index contributed by atoms with van der Waals surface area (Å²) in [6.45, 7) is 5.87. The van der Waals surface area contributed by atoms with E-state index in [1.165, 1.54) is 32.9 Å². The Morgan fingerprint density at radius 1 is 0.646 bits per heavy atom. The topological polar surface area (TPSA) is 436 Å². The molecule has 0 spiro atoms. The van der Waals surface area contributed by atoms with Gasteiger partial charge in [-0.25, -0.2) is 0 Å². The number of carbonyl (C=O) groups is 11. The number of carbonyl (C=O) groups excluding carboxylic acids is 11. The molecule has 0 bridgehead atoms. The number of aliphatic hydroxyl groups is 3. The number of aromatic nitrogens is 1. The van der Waals surface area contributed by atoms with Gasteiger partial charge < -0.3 is 69.2 Å². The highest BCUT2D eigenvalue weighted by atomic mass is 33.1. The number of Topliss-reactive ketones (excluding diaryl/α,β-unsaturated/α-hetero) is 4. The third kappa shape index (κ3) is 27.4. The van der Waals surface area contributed by atoms with Gasteiger partial charge in [-0.1, -0.05) is 82.3 Å². The van der Waals surface area contributed by atoms with Crippen molar-refractivity contribution in [2.45, 2.75) is 121 Å². The van der Waals surface area contributed by atoms with Crippen molar-refractivity contribution in [3.63, 3.8) is 0 Å².